The molecule has 0 aromatic heterocycles. The Morgan fingerprint density at radius 1 is 1.24 bits per heavy atom. The van der Waals surface area contributed by atoms with Crippen molar-refractivity contribution in [2.45, 2.75) is 45.8 Å². The van der Waals surface area contributed by atoms with Crippen LogP contribution in [0.15, 0.2) is 24.3 Å². The summed E-state index contributed by atoms with van der Waals surface area (Å²) in [5, 5.41) is 0. The first-order valence-corrected chi connectivity index (χ1v) is 6.04. The van der Waals surface area contributed by atoms with Crippen molar-refractivity contribution in [3.63, 3.8) is 0 Å². The van der Waals surface area contributed by atoms with Gasteiger partial charge in [0.15, 0.2) is 5.78 Å². The third-order valence-corrected chi connectivity index (χ3v) is 2.37. The summed E-state index contributed by atoms with van der Waals surface area (Å²) in [6, 6.07) is 7.35. The Morgan fingerprint density at radius 2 is 1.82 bits per heavy atom. The number of hydrogen-bond donors (Lipinski definition) is 1. The Kier molecular flexibility index (Phi) is 5.16. The monoisotopic (exact) mass is 235 g/mol. The van der Waals surface area contributed by atoms with E-state index in [4.69, 9.17) is 10.5 Å². The molecule has 0 aliphatic heterocycles. The Bertz CT molecular complexity index is 355. The summed E-state index contributed by atoms with van der Waals surface area (Å²) in [7, 11) is 0. The highest BCUT2D eigenvalue weighted by Crippen LogP contribution is 2.15. The van der Waals surface area contributed by atoms with Crippen LogP contribution in [0.3, 0.4) is 0 Å². The molecule has 0 amide bonds. The average Bonchev–Trinajstić information content (AvgIpc) is 2.26. The molecule has 1 aromatic carbocycles. The van der Waals surface area contributed by atoms with Gasteiger partial charge < -0.3 is 10.5 Å². The largest absolute Gasteiger partial charge is 0.491 e. The van der Waals surface area contributed by atoms with Gasteiger partial charge in [-0.05, 0) is 51.5 Å². The van der Waals surface area contributed by atoms with E-state index in [0.29, 0.717) is 6.42 Å². The van der Waals surface area contributed by atoms with E-state index in [9.17, 15) is 4.79 Å². The van der Waals surface area contributed by atoms with Gasteiger partial charge in [-0.25, -0.2) is 0 Å². The first kappa shape index (κ1) is 13.7. The number of ketones is 1. The number of rotatable bonds is 6. The zero-order valence-electron chi connectivity index (χ0n) is 10.8. The number of carbonyl (C=O) groups excluding carboxylic acids is 1. The first-order chi connectivity index (χ1) is 7.99. The molecule has 0 bridgehead atoms. The van der Waals surface area contributed by atoms with E-state index in [0.717, 1.165) is 17.7 Å². The van der Waals surface area contributed by atoms with E-state index >= 15 is 0 Å². The summed E-state index contributed by atoms with van der Waals surface area (Å²) in [5.41, 5.74) is 6.35. The van der Waals surface area contributed by atoms with Crippen LogP contribution < -0.4 is 10.5 Å². The van der Waals surface area contributed by atoms with E-state index in [2.05, 4.69) is 0 Å². The lowest BCUT2D eigenvalue weighted by Crippen LogP contribution is -2.16. The van der Waals surface area contributed by atoms with Crippen molar-refractivity contribution >= 4 is 5.78 Å². The molecule has 3 nitrogen and oxygen atoms in total. The van der Waals surface area contributed by atoms with Gasteiger partial charge in [-0.2, -0.15) is 0 Å². The molecule has 2 N–H and O–H groups in total. The molecule has 1 atom stereocenters. The van der Waals surface area contributed by atoms with E-state index < -0.39 is 0 Å². The van der Waals surface area contributed by atoms with E-state index in [1.54, 1.807) is 12.1 Å². The van der Waals surface area contributed by atoms with Gasteiger partial charge >= 0.3 is 0 Å². The highest BCUT2D eigenvalue weighted by molar-refractivity contribution is 5.96. The Morgan fingerprint density at radius 3 is 2.29 bits per heavy atom. The summed E-state index contributed by atoms with van der Waals surface area (Å²) in [4.78, 5) is 11.8. The highest BCUT2D eigenvalue weighted by atomic mass is 16.5. The van der Waals surface area contributed by atoms with Crippen LogP contribution in [0.25, 0.3) is 0 Å². The Labute approximate surface area is 103 Å². The van der Waals surface area contributed by atoms with Crippen molar-refractivity contribution in [2.24, 2.45) is 5.73 Å². The van der Waals surface area contributed by atoms with Crippen LogP contribution in [0, 0.1) is 0 Å². The fourth-order valence-corrected chi connectivity index (χ4v) is 1.49. The van der Waals surface area contributed by atoms with Crippen LogP contribution in [0.1, 0.15) is 44.0 Å². The molecular formula is C14H21NO2. The lowest BCUT2D eigenvalue weighted by atomic mass is 10.0. The fourth-order valence-electron chi connectivity index (χ4n) is 1.49. The lowest BCUT2D eigenvalue weighted by molar-refractivity contribution is 0.0978. The maximum absolute atomic E-state index is 11.8. The van der Waals surface area contributed by atoms with Crippen molar-refractivity contribution in [2.75, 3.05) is 0 Å². The molecule has 0 spiro atoms. The minimum atomic E-state index is 0.0718. The van der Waals surface area contributed by atoms with Crippen molar-refractivity contribution in [1.29, 1.82) is 0 Å². The van der Waals surface area contributed by atoms with Gasteiger partial charge in [0.25, 0.3) is 0 Å². The molecule has 0 aliphatic carbocycles. The standard InChI is InChI=1S/C14H21NO2/c1-10(2)17-13-7-5-12(6-8-13)14(16)9-4-11(3)15/h5-8,10-11H,4,9,15H2,1-3H3. The number of nitrogens with two attached hydrogens (primary N) is 1. The minimum absolute atomic E-state index is 0.0718. The molecule has 0 radical (unpaired) electrons. The highest BCUT2D eigenvalue weighted by Gasteiger charge is 2.07. The number of hydrogen-bond acceptors (Lipinski definition) is 3. The molecular weight excluding hydrogens is 214 g/mol. The molecule has 0 saturated heterocycles. The van der Waals surface area contributed by atoms with Crippen LogP contribution in [-0.2, 0) is 0 Å². The number of carbonyl (C=O) groups is 1. The van der Waals surface area contributed by atoms with Crippen LogP contribution in [-0.4, -0.2) is 17.9 Å². The number of Topliss-reactive ketones (excluding diaryl/α,β-unsaturated/α-hetero) is 1. The SMILES string of the molecule is CC(N)CCC(=O)c1ccc(OC(C)C)cc1. The molecule has 94 valence electrons. The predicted octanol–water partition coefficient (Wildman–Crippen LogP) is 2.78. The molecule has 0 fully saturated rings. The second-order valence-electron chi connectivity index (χ2n) is 4.63. The summed E-state index contributed by atoms with van der Waals surface area (Å²) >= 11 is 0. The van der Waals surface area contributed by atoms with E-state index in [1.807, 2.05) is 32.9 Å². The Hall–Kier alpha value is -1.35. The van der Waals surface area contributed by atoms with Crippen molar-refractivity contribution in [1.82, 2.24) is 0 Å². The van der Waals surface area contributed by atoms with Gasteiger partial charge in [0.2, 0.25) is 0 Å². The van der Waals surface area contributed by atoms with Gasteiger partial charge in [-0.1, -0.05) is 0 Å². The fraction of sp³-hybridized carbons (Fsp3) is 0.500. The summed E-state index contributed by atoms with van der Waals surface area (Å²) in [6.07, 6.45) is 1.38. The molecule has 3 heteroatoms. The van der Waals surface area contributed by atoms with Crippen molar-refractivity contribution in [3.8, 4) is 5.75 Å². The minimum Gasteiger partial charge on any atom is -0.491 e. The second-order valence-corrected chi connectivity index (χ2v) is 4.63. The third kappa shape index (κ3) is 5.00. The third-order valence-electron chi connectivity index (χ3n) is 2.37. The molecule has 1 aromatic rings. The molecule has 0 heterocycles. The van der Waals surface area contributed by atoms with Crippen LogP contribution in [0.2, 0.25) is 0 Å². The van der Waals surface area contributed by atoms with Crippen LogP contribution >= 0.6 is 0 Å². The van der Waals surface area contributed by atoms with Gasteiger partial charge in [0, 0.05) is 18.0 Å². The summed E-state index contributed by atoms with van der Waals surface area (Å²) in [5.74, 6) is 0.933. The molecule has 1 rings (SSSR count). The quantitative estimate of drug-likeness (QED) is 0.771. The average molecular weight is 235 g/mol. The van der Waals surface area contributed by atoms with Crippen molar-refractivity contribution in [3.05, 3.63) is 29.8 Å². The number of benzene rings is 1. The van der Waals surface area contributed by atoms with Gasteiger partial charge in [-0.3, -0.25) is 4.79 Å². The van der Waals surface area contributed by atoms with Crippen LogP contribution in [0.4, 0.5) is 0 Å². The maximum atomic E-state index is 11.8. The van der Waals surface area contributed by atoms with Gasteiger partial charge in [0.05, 0.1) is 6.10 Å². The van der Waals surface area contributed by atoms with Gasteiger partial charge in [0.1, 0.15) is 5.75 Å². The zero-order valence-corrected chi connectivity index (χ0v) is 10.8. The summed E-state index contributed by atoms with van der Waals surface area (Å²) in [6.45, 7) is 5.86. The second kappa shape index (κ2) is 6.40. The zero-order chi connectivity index (χ0) is 12.8. The normalized spacial score (nSPS) is 12.5. The van der Waals surface area contributed by atoms with E-state index in [-0.39, 0.29) is 17.9 Å². The van der Waals surface area contributed by atoms with E-state index in [1.165, 1.54) is 0 Å². The molecule has 0 saturated carbocycles. The van der Waals surface area contributed by atoms with Gasteiger partial charge in [-0.15, -0.1) is 0 Å². The predicted molar refractivity (Wildman–Crippen MR) is 69.4 cm³/mol. The smallest absolute Gasteiger partial charge is 0.162 e. The number of ether oxygens (including phenoxy) is 1. The summed E-state index contributed by atoms with van der Waals surface area (Å²) < 4.78 is 5.52. The molecule has 0 aliphatic rings. The topological polar surface area (TPSA) is 52.3 Å². The first-order valence-electron chi connectivity index (χ1n) is 6.04. The maximum Gasteiger partial charge on any atom is 0.162 e. The lowest BCUT2D eigenvalue weighted by Gasteiger charge is -2.10. The Balaban J connectivity index is 2.57. The molecule has 17 heavy (non-hydrogen) atoms. The molecule has 1 unspecified atom stereocenters. The van der Waals surface area contributed by atoms with Crippen LogP contribution in [0.5, 0.6) is 5.75 Å². The van der Waals surface area contributed by atoms with Crippen molar-refractivity contribution < 1.29 is 9.53 Å².